The Kier molecular flexibility index (Phi) is 5.88. The van der Waals surface area contributed by atoms with Crippen LogP contribution in [0, 0.1) is 11.8 Å². The van der Waals surface area contributed by atoms with E-state index in [1.54, 1.807) is 0 Å². The summed E-state index contributed by atoms with van der Waals surface area (Å²) in [4.78, 5) is 25.1. The number of nitrogens with zero attached hydrogens (tertiary/aromatic N) is 1. The Morgan fingerprint density at radius 1 is 1.14 bits per heavy atom. The van der Waals surface area contributed by atoms with Gasteiger partial charge in [-0.1, -0.05) is 26.2 Å². The van der Waals surface area contributed by atoms with Gasteiger partial charge in [-0.15, -0.1) is 0 Å². The maximum atomic E-state index is 12.4. The smallest absolute Gasteiger partial charge is 0.317 e. The maximum absolute atomic E-state index is 12.4. The van der Waals surface area contributed by atoms with E-state index in [9.17, 15) is 9.59 Å². The highest BCUT2D eigenvalue weighted by atomic mass is 16.4. The topological polar surface area (TPSA) is 69.6 Å². The molecule has 0 aromatic carbocycles. The molecule has 120 valence electrons. The van der Waals surface area contributed by atoms with Crippen molar-refractivity contribution in [2.45, 2.75) is 64.3 Å². The molecule has 1 saturated heterocycles. The predicted molar refractivity (Wildman–Crippen MR) is 81.1 cm³/mol. The minimum atomic E-state index is -0.764. The van der Waals surface area contributed by atoms with Gasteiger partial charge in [0.25, 0.3) is 0 Å². The van der Waals surface area contributed by atoms with Gasteiger partial charge in [-0.3, -0.25) is 4.79 Å². The third kappa shape index (κ3) is 4.90. The van der Waals surface area contributed by atoms with Gasteiger partial charge in [-0.05, 0) is 37.5 Å². The Morgan fingerprint density at radius 2 is 1.90 bits per heavy atom. The van der Waals surface area contributed by atoms with Gasteiger partial charge in [0.15, 0.2) is 0 Å². The fourth-order valence-electron chi connectivity index (χ4n) is 3.62. The van der Waals surface area contributed by atoms with Gasteiger partial charge in [-0.25, -0.2) is 4.79 Å². The van der Waals surface area contributed by atoms with Crippen LogP contribution in [0.25, 0.3) is 0 Å². The van der Waals surface area contributed by atoms with Crippen molar-refractivity contribution >= 4 is 12.0 Å². The Bertz CT molecular complexity index is 373. The normalized spacial score (nSPS) is 30.5. The third-order valence-electron chi connectivity index (χ3n) is 4.94. The van der Waals surface area contributed by atoms with E-state index < -0.39 is 5.97 Å². The minimum Gasteiger partial charge on any atom is -0.481 e. The third-order valence-corrected chi connectivity index (χ3v) is 4.94. The number of urea groups is 1. The molecule has 0 radical (unpaired) electrons. The number of carbonyl (C=O) groups is 2. The number of amides is 2. The summed E-state index contributed by atoms with van der Waals surface area (Å²) in [6.45, 7) is 3.56. The Hall–Kier alpha value is -1.26. The zero-order chi connectivity index (χ0) is 15.2. The van der Waals surface area contributed by atoms with Gasteiger partial charge in [0.1, 0.15) is 0 Å². The molecule has 3 atom stereocenters. The summed E-state index contributed by atoms with van der Waals surface area (Å²) in [6, 6.07) is 0.281. The summed E-state index contributed by atoms with van der Waals surface area (Å²) in [5.74, 6) is -0.121. The number of hydrogen-bond donors (Lipinski definition) is 2. The molecular weight excluding hydrogens is 268 g/mol. The molecule has 2 aliphatic rings. The van der Waals surface area contributed by atoms with Gasteiger partial charge in [0, 0.05) is 25.6 Å². The summed E-state index contributed by atoms with van der Waals surface area (Å²) in [5.41, 5.74) is 0. The number of aliphatic carboxylic acids is 1. The van der Waals surface area contributed by atoms with Crippen LogP contribution in [0.4, 0.5) is 4.79 Å². The van der Waals surface area contributed by atoms with Gasteiger partial charge in [0.05, 0.1) is 0 Å². The van der Waals surface area contributed by atoms with Crippen molar-refractivity contribution in [3.05, 3.63) is 0 Å². The quantitative estimate of drug-likeness (QED) is 0.787. The molecule has 1 aliphatic heterocycles. The SMILES string of the molecule is CC1CCCCCC1NC(=O)N1CCCC(CC(=O)O)C1. The molecule has 1 heterocycles. The van der Waals surface area contributed by atoms with E-state index in [0.717, 1.165) is 25.8 Å². The van der Waals surface area contributed by atoms with Gasteiger partial charge in [-0.2, -0.15) is 0 Å². The van der Waals surface area contributed by atoms with Crippen LogP contribution in [0.3, 0.4) is 0 Å². The van der Waals surface area contributed by atoms with E-state index in [0.29, 0.717) is 12.5 Å². The average molecular weight is 296 g/mol. The van der Waals surface area contributed by atoms with E-state index >= 15 is 0 Å². The lowest BCUT2D eigenvalue weighted by Crippen LogP contribution is -2.50. The number of hydrogen-bond acceptors (Lipinski definition) is 2. The van der Waals surface area contributed by atoms with E-state index in [1.807, 2.05) is 4.90 Å². The summed E-state index contributed by atoms with van der Waals surface area (Å²) < 4.78 is 0. The Labute approximate surface area is 127 Å². The number of piperidine rings is 1. The van der Waals surface area contributed by atoms with Crippen LogP contribution < -0.4 is 5.32 Å². The predicted octanol–water partition coefficient (Wildman–Crippen LogP) is 2.85. The zero-order valence-electron chi connectivity index (χ0n) is 13.0. The molecule has 1 aliphatic carbocycles. The summed E-state index contributed by atoms with van der Waals surface area (Å²) in [7, 11) is 0. The van der Waals surface area contributed by atoms with Crippen molar-refractivity contribution in [2.75, 3.05) is 13.1 Å². The van der Waals surface area contributed by atoms with Crippen LogP contribution in [-0.4, -0.2) is 41.1 Å². The number of nitrogens with one attached hydrogen (secondary N) is 1. The Morgan fingerprint density at radius 3 is 2.67 bits per heavy atom. The lowest BCUT2D eigenvalue weighted by molar-refractivity contribution is -0.138. The molecule has 0 aromatic rings. The highest BCUT2D eigenvalue weighted by Crippen LogP contribution is 2.24. The largest absolute Gasteiger partial charge is 0.481 e. The van der Waals surface area contributed by atoms with Crippen LogP contribution in [-0.2, 0) is 4.79 Å². The van der Waals surface area contributed by atoms with Crippen molar-refractivity contribution in [3.8, 4) is 0 Å². The Balaban J connectivity index is 1.85. The van der Waals surface area contributed by atoms with Crippen molar-refractivity contribution in [2.24, 2.45) is 11.8 Å². The van der Waals surface area contributed by atoms with Gasteiger partial charge in [0.2, 0.25) is 0 Å². The minimum absolute atomic E-state index is 0.00355. The van der Waals surface area contributed by atoms with E-state index in [2.05, 4.69) is 12.2 Å². The molecule has 2 rings (SSSR count). The van der Waals surface area contributed by atoms with Gasteiger partial charge < -0.3 is 15.3 Å². The first-order chi connectivity index (χ1) is 10.1. The molecule has 3 unspecified atom stereocenters. The summed E-state index contributed by atoms with van der Waals surface area (Å²) in [6.07, 6.45) is 7.97. The lowest BCUT2D eigenvalue weighted by atomic mass is 9.94. The van der Waals surface area contributed by atoms with Crippen LogP contribution >= 0.6 is 0 Å². The molecule has 21 heavy (non-hydrogen) atoms. The second kappa shape index (κ2) is 7.66. The van der Waals surface area contributed by atoms with Crippen LogP contribution in [0.15, 0.2) is 0 Å². The van der Waals surface area contributed by atoms with Crippen LogP contribution in [0.1, 0.15) is 58.3 Å². The lowest BCUT2D eigenvalue weighted by Gasteiger charge is -2.34. The standard InChI is InChI=1S/C16H28N2O3/c1-12-6-3-2-4-8-14(12)17-16(21)18-9-5-7-13(11-18)10-15(19)20/h12-14H,2-11H2,1H3,(H,17,21)(H,19,20). The van der Waals surface area contributed by atoms with Gasteiger partial charge >= 0.3 is 12.0 Å². The summed E-state index contributed by atoms with van der Waals surface area (Å²) in [5, 5.41) is 12.1. The van der Waals surface area contributed by atoms with E-state index in [-0.39, 0.29) is 24.4 Å². The number of carboxylic acids is 1. The van der Waals surface area contributed by atoms with E-state index in [1.165, 1.54) is 25.7 Å². The molecule has 0 aromatic heterocycles. The monoisotopic (exact) mass is 296 g/mol. The fraction of sp³-hybridized carbons (Fsp3) is 0.875. The molecule has 0 bridgehead atoms. The van der Waals surface area contributed by atoms with Crippen molar-refractivity contribution < 1.29 is 14.7 Å². The number of carboxylic acid groups (broad SMARTS) is 1. The maximum Gasteiger partial charge on any atom is 0.317 e. The number of rotatable bonds is 3. The molecule has 1 saturated carbocycles. The van der Waals surface area contributed by atoms with Crippen LogP contribution in [0.5, 0.6) is 0 Å². The van der Waals surface area contributed by atoms with Crippen molar-refractivity contribution in [3.63, 3.8) is 0 Å². The fourth-order valence-corrected chi connectivity index (χ4v) is 3.62. The first kappa shape index (κ1) is 16.1. The zero-order valence-corrected chi connectivity index (χ0v) is 13.0. The molecular formula is C16H28N2O3. The van der Waals surface area contributed by atoms with Crippen LogP contribution in [0.2, 0.25) is 0 Å². The molecule has 5 heteroatoms. The molecule has 2 fully saturated rings. The first-order valence-electron chi connectivity index (χ1n) is 8.33. The highest BCUT2D eigenvalue weighted by molar-refractivity contribution is 5.75. The average Bonchev–Trinajstić information content (AvgIpc) is 2.64. The summed E-state index contributed by atoms with van der Waals surface area (Å²) >= 11 is 0. The molecule has 2 amide bonds. The molecule has 0 spiro atoms. The molecule has 2 N–H and O–H groups in total. The number of carbonyl (C=O) groups excluding carboxylic acids is 1. The second-order valence-electron chi connectivity index (χ2n) is 6.72. The van der Waals surface area contributed by atoms with Crippen molar-refractivity contribution in [1.82, 2.24) is 10.2 Å². The highest BCUT2D eigenvalue weighted by Gasteiger charge is 2.28. The number of likely N-dealkylation sites (tertiary alicyclic amines) is 1. The second-order valence-corrected chi connectivity index (χ2v) is 6.72. The first-order valence-corrected chi connectivity index (χ1v) is 8.33. The van der Waals surface area contributed by atoms with Crippen molar-refractivity contribution in [1.29, 1.82) is 0 Å². The van der Waals surface area contributed by atoms with E-state index in [4.69, 9.17) is 5.11 Å². The molecule has 5 nitrogen and oxygen atoms in total.